The Morgan fingerprint density at radius 3 is 2.10 bits per heavy atom. The Bertz CT molecular complexity index is 769. The number of hydrogen-bond donors (Lipinski definition) is 1. The van der Waals surface area contributed by atoms with Crippen LogP contribution in [0.2, 0.25) is 0 Å². The minimum atomic E-state index is -0.727. The lowest BCUT2D eigenvalue weighted by molar-refractivity contribution is 0.0925. The summed E-state index contributed by atoms with van der Waals surface area (Å²) in [5.41, 5.74) is 6.18. The highest BCUT2D eigenvalue weighted by Crippen LogP contribution is 2.30. The molecule has 6 heteroatoms. The molecule has 0 unspecified atom stereocenters. The van der Waals surface area contributed by atoms with Crippen LogP contribution in [0.25, 0.3) is 0 Å². The van der Waals surface area contributed by atoms with E-state index in [0.29, 0.717) is 5.56 Å². The molecule has 21 heavy (non-hydrogen) atoms. The first-order chi connectivity index (χ1) is 10.0. The zero-order valence-electron chi connectivity index (χ0n) is 10.7. The molecule has 104 valence electrons. The van der Waals surface area contributed by atoms with Gasteiger partial charge in [0.05, 0.1) is 16.8 Å². The number of carbonyl (C=O) groups is 2. The first-order valence-electron chi connectivity index (χ1n) is 6.08. The first kappa shape index (κ1) is 13.4. The van der Waals surface area contributed by atoms with Gasteiger partial charge in [0.25, 0.3) is 11.8 Å². The van der Waals surface area contributed by atoms with Crippen molar-refractivity contribution in [3.63, 3.8) is 0 Å². The summed E-state index contributed by atoms with van der Waals surface area (Å²) in [6.45, 7) is 0. The summed E-state index contributed by atoms with van der Waals surface area (Å²) in [6.07, 6.45) is 0. The zero-order valence-corrected chi connectivity index (χ0v) is 11.5. The van der Waals surface area contributed by atoms with Crippen molar-refractivity contribution in [1.82, 2.24) is 0 Å². The number of amides is 2. The molecule has 0 fully saturated rings. The molecule has 0 atom stereocenters. The highest BCUT2D eigenvalue weighted by atomic mass is 32.1. The second-order valence-corrected chi connectivity index (χ2v) is 4.96. The zero-order chi connectivity index (χ0) is 15.1. The molecular weight excluding hydrogens is 291 g/mol. The number of halogens is 1. The Kier molecular flexibility index (Phi) is 3.03. The molecule has 2 N–H and O–H groups in total. The number of hydrogen-bond acceptors (Lipinski definition) is 3. The smallest absolute Gasteiger partial charge is 0.266 e. The van der Waals surface area contributed by atoms with E-state index in [2.05, 4.69) is 0 Å². The van der Waals surface area contributed by atoms with Gasteiger partial charge in [-0.3, -0.25) is 9.59 Å². The molecule has 0 radical (unpaired) electrons. The van der Waals surface area contributed by atoms with Gasteiger partial charge in [-0.05, 0) is 30.3 Å². The maximum atomic E-state index is 14.2. The van der Waals surface area contributed by atoms with Gasteiger partial charge in [0, 0.05) is 5.56 Å². The lowest BCUT2D eigenvalue weighted by atomic mass is 10.1. The Labute approximate surface area is 125 Å². The second kappa shape index (κ2) is 4.75. The highest BCUT2D eigenvalue weighted by molar-refractivity contribution is 7.80. The molecule has 0 bridgehead atoms. The first-order valence-corrected chi connectivity index (χ1v) is 6.48. The lowest BCUT2D eigenvalue weighted by Crippen LogP contribution is -2.30. The molecule has 0 saturated carbocycles. The number of imide groups is 1. The van der Waals surface area contributed by atoms with Gasteiger partial charge in [-0.2, -0.15) is 0 Å². The van der Waals surface area contributed by atoms with E-state index in [9.17, 15) is 14.0 Å². The molecule has 0 saturated heterocycles. The van der Waals surface area contributed by atoms with Crippen LogP contribution in [0.5, 0.6) is 0 Å². The number of benzene rings is 2. The normalized spacial score (nSPS) is 13.5. The summed E-state index contributed by atoms with van der Waals surface area (Å²) < 4.78 is 14.2. The van der Waals surface area contributed by atoms with Crippen molar-refractivity contribution < 1.29 is 14.0 Å². The molecule has 2 amide bonds. The fourth-order valence-electron chi connectivity index (χ4n) is 2.25. The van der Waals surface area contributed by atoms with Crippen LogP contribution in [-0.2, 0) is 0 Å². The van der Waals surface area contributed by atoms with E-state index < -0.39 is 17.6 Å². The minimum Gasteiger partial charge on any atom is -0.389 e. The van der Waals surface area contributed by atoms with Crippen LogP contribution >= 0.6 is 12.2 Å². The SMILES string of the molecule is NC(=S)c1ccc(N2C(=O)c3ccccc3C2=O)c(F)c1. The van der Waals surface area contributed by atoms with Crippen molar-refractivity contribution in [2.24, 2.45) is 5.73 Å². The van der Waals surface area contributed by atoms with Crippen LogP contribution in [-0.4, -0.2) is 16.8 Å². The highest BCUT2D eigenvalue weighted by Gasteiger charge is 2.37. The van der Waals surface area contributed by atoms with Crippen LogP contribution in [0.15, 0.2) is 42.5 Å². The summed E-state index contributed by atoms with van der Waals surface area (Å²) in [7, 11) is 0. The number of carbonyl (C=O) groups excluding carboxylic acids is 2. The van der Waals surface area contributed by atoms with Gasteiger partial charge < -0.3 is 5.73 Å². The third kappa shape index (κ3) is 2.00. The van der Waals surface area contributed by atoms with E-state index in [4.69, 9.17) is 18.0 Å². The summed E-state index contributed by atoms with van der Waals surface area (Å²) in [6, 6.07) is 10.3. The predicted octanol–water partition coefficient (Wildman–Crippen LogP) is 2.26. The molecule has 0 aliphatic carbocycles. The van der Waals surface area contributed by atoms with Gasteiger partial charge in [0.2, 0.25) is 0 Å². The van der Waals surface area contributed by atoms with Crippen LogP contribution < -0.4 is 10.6 Å². The fraction of sp³-hybridized carbons (Fsp3) is 0. The molecule has 0 aromatic heterocycles. The molecule has 1 heterocycles. The molecule has 3 rings (SSSR count). The molecule has 2 aromatic rings. The monoisotopic (exact) mass is 300 g/mol. The van der Waals surface area contributed by atoms with Crippen LogP contribution in [0.1, 0.15) is 26.3 Å². The second-order valence-electron chi connectivity index (χ2n) is 4.52. The summed E-state index contributed by atoms with van der Waals surface area (Å²) in [4.78, 5) is 25.4. The fourth-order valence-corrected chi connectivity index (χ4v) is 2.38. The van der Waals surface area contributed by atoms with Gasteiger partial charge in [-0.15, -0.1) is 0 Å². The Morgan fingerprint density at radius 1 is 1.05 bits per heavy atom. The summed E-state index contributed by atoms with van der Waals surface area (Å²) in [5, 5.41) is 0. The number of rotatable bonds is 2. The predicted molar refractivity (Wildman–Crippen MR) is 79.9 cm³/mol. The Hall–Kier alpha value is -2.60. The van der Waals surface area contributed by atoms with Crippen LogP contribution in [0.4, 0.5) is 10.1 Å². The van der Waals surface area contributed by atoms with E-state index in [1.807, 2.05) is 0 Å². The van der Waals surface area contributed by atoms with Crippen molar-refractivity contribution in [2.75, 3.05) is 4.90 Å². The van der Waals surface area contributed by atoms with Crippen LogP contribution in [0.3, 0.4) is 0 Å². The number of thiocarbonyl (C=S) groups is 1. The minimum absolute atomic E-state index is 0.0443. The standard InChI is InChI=1S/C15H9FN2O2S/c16-11-7-8(13(17)21)5-6-12(11)18-14(19)9-3-1-2-4-10(9)15(18)20/h1-7H,(H2,17,21). The van der Waals surface area contributed by atoms with Crippen molar-refractivity contribution in [2.45, 2.75) is 0 Å². The van der Waals surface area contributed by atoms with Crippen molar-refractivity contribution in [3.8, 4) is 0 Å². The topological polar surface area (TPSA) is 63.4 Å². The number of nitrogens with zero attached hydrogens (tertiary/aromatic N) is 1. The van der Waals surface area contributed by atoms with Gasteiger partial charge in [0.1, 0.15) is 10.8 Å². The third-order valence-electron chi connectivity index (χ3n) is 3.27. The van der Waals surface area contributed by atoms with Crippen molar-refractivity contribution in [3.05, 3.63) is 65.0 Å². The average Bonchev–Trinajstić information content (AvgIpc) is 2.72. The van der Waals surface area contributed by atoms with Gasteiger partial charge >= 0.3 is 0 Å². The lowest BCUT2D eigenvalue weighted by Gasteiger charge is -2.15. The Balaban J connectivity index is 2.09. The average molecular weight is 300 g/mol. The van der Waals surface area contributed by atoms with E-state index in [1.54, 1.807) is 12.1 Å². The number of fused-ring (bicyclic) bond motifs is 1. The summed E-state index contributed by atoms with van der Waals surface area (Å²) in [5.74, 6) is -1.81. The maximum Gasteiger partial charge on any atom is 0.266 e. The molecule has 4 nitrogen and oxygen atoms in total. The summed E-state index contributed by atoms with van der Waals surface area (Å²) >= 11 is 4.77. The molecule has 2 aromatic carbocycles. The van der Waals surface area contributed by atoms with E-state index in [0.717, 1.165) is 11.0 Å². The molecular formula is C15H9FN2O2S. The quantitative estimate of drug-likeness (QED) is 0.682. The molecule has 0 spiro atoms. The van der Waals surface area contributed by atoms with Gasteiger partial charge in [-0.1, -0.05) is 24.4 Å². The Morgan fingerprint density at radius 2 is 1.62 bits per heavy atom. The van der Waals surface area contributed by atoms with Gasteiger partial charge in [-0.25, -0.2) is 9.29 Å². The van der Waals surface area contributed by atoms with Crippen molar-refractivity contribution in [1.29, 1.82) is 0 Å². The van der Waals surface area contributed by atoms with Crippen molar-refractivity contribution >= 4 is 34.7 Å². The number of anilines is 1. The largest absolute Gasteiger partial charge is 0.389 e. The number of nitrogens with two attached hydrogens (primary N) is 1. The third-order valence-corrected chi connectivity index (χ3v) is 3.50. The molecule has 1 aliphatic rings. The van der Waals surface area contributed by atoms with E-state index in [1.165, 1.54) is 24.3 Å². The maximum absolute atomic E-state index is 14.2. The molecule has 1 aliphatic heterocycles. The van der Waals surface area contributed by atoms with Crippen LogP contribution in [0, 0.1) is 5.82 Å². The van der Waals surface area contributed by atoms with E-state index >= 15 is 0 Å². The van der Waals surface area contributed by atoms with Gasteiger partial charge in [0.15, 0.2) is 0 Å². The van der Waals surface area contributed by atoms with E-state index in [-0.39, 0.29) is 21.8 Å².